The molecule has 0 radical (unpaired) electrons. The highest BCUT2D eigenvalue weighted by Crippen LogP contribution is 2.24. The van der Waals surface area contributed by atoms with Crippen LogP contribution in [0.15, 0.2) is 23.1 Å². The molecule has 1 unspecified atom stereocenters. The van der Waals surface area contributed by atoms with Crippen molar-refractivity contribution >= 4 is 11.8 Å². The van der Waals surface area contributed by atoms with Gasteiger partial charge >= 0.3 is 0 Å². The maximum Gasteiger partial charge on any atom is 0.0210 e. The molecular formula is C16H27NS. The molecule has 18 heavy (non-hydrogen) atoms. The predicted octanol–water partition coefficient (Wildman–Crippen LogP) is 4.63. The van der Waals surface area contributed by atoms with Gasteiger partial charge < -0.3 is 5.32 Å². The molecule has 0 spiro atoms. The number of hydrogen-bond donors (Lipinski definition) is 1. The van der Waals surface area contributed by atoms with Gasteiger partial charge in [0.2, 0.25) is 0 Å². The SMILES string of the molecule is CCC(C)CSc1ccc(CNC(C)C)c(C)c1. The standard InChI is InChI=1S/C16H27NS/c1-6-13(4)11-18-16-8-7-15(14(5)9-16)10-17-12(2)3/h7-9,12-13,17H,6,10-11H2,1-5H3. The third kappa shape index (κ3) is 5.45. The van der Waals surface area contributed by atoms with Gasteiger partial charge in [0.25, 0.3) is 0 Å². The largest absolute Gasteiger partial charge is 0.310 e. The molecule has 0 fully saturated rings. The molecule has 0 heterocycles. The Morgan fingerprint density at radius 1 is 1.22 bits per heavy atom. The van der Waals surface area contributed by atoms with Gasteiger partial charge in [-0.05, 0) is 36.1 Å². The van der Waals surface area contributed by atoms with Gasteiger partial charge in [0.05, 0.1) is 0 Å². The number of benzene rings is 1. The van der Waals surface area contributed by atoms with Gasteiger partial charge in [-0.25, -0.2) is 0 Å². The van der Waals surface area contributed by atoms with Gasteiger partial charge in [-0.1, -0.05) is 40.2 Å². The molecule has 0 saturated carbocycles. The van der Waals surface area contributed by atoms with Gasteiger partial charge in [0, 0.05) is 23.2 Å². The lowest BCUT2D eigenvalue weighted by Crippen LogP contribution is -2.22. The van der Waals surface area contributed by atoms with E-state index >= 15 is 0 Å². The molecule has 0 aliphatic carbocycles. The van der Waals surface area contributed by atoms with Crippen LogP contribution in [0.3, 0.4) is 0 Å². The predicted molar refractivity (Wildman–Crippen MR) is 83.3 cm³/mol. The highest BCUT2D eigenvalue weighted by molar-refractivity contribution is 7.99. The number of thioether (sulfide) groups is 1. The first-order valence-electron chi connectivity index (χ1n) is 6.98. The smallest absolute Gasteiger partial charge is 0.0210 e. The molecule has 1 N–H and O–H groups in total. The van der Waals surface area contributed by atoms with Crippen LogP contribution in [0.25, 0.3) is 0 Å². The van der Waals surface area contributed by atoms with Crippen LogP contribution in [-0.4, -0.2) is 11.8 Å². The summed E-state index contributed by atoms with van der Waals surface area (Å²) < 4.78 is 0. The summed E-state index contributed by atoms with van der Waals surface area (Å²) in [6.07, 6.45) is 1.27. The minimum atomic E-state index is 0.545. The van der Waals surface area contributed by atoms with Crippen LogP contribution in [0.2, 0.25) is 0 Å². The third-order valence-electron chi connectivity index (χ3n) is 3.25. The van der Waals surface area contributed by atoms with Gasteiger partial charge in [-0.3, -0.25) is 0 Å². The summed E-state index contributed by atoms with van der Waals surface area (Å²) in [5.74, 6) is 2.03. The average molecular weight is 265 g/mol. The Hall–Kier alpha value is -0.470. The lowest BCUT2D eigenvalue weighted by molar-refractivity contribution is 0.587. The van der Waals surface area contributed by atoms with Crippen LogP contribution in [0, 0.1) is 12.8 Å². The molecular weight excluding hydrogens is 238 g/mol. The molecule has 1 aromatic carbocycles. The van der Waals surface area contributed by atoms with Gasteiger partial charge in [-0.2, -0.15) is 0 Å². The molecule has 102 valence electrons. The van der Waals surface area contributed by atoms with E-state index in [1.165, 1.54) is 28.2 Å². The highest BCUT2D eigenvalue weighted by atomic mass is 32.2. The number of hydrogen-bond acceptors (Lipinski definition) is 2. The highest BCUT2D eigenvalue weighted by Gasteiger charge is 2.04. The van der Waals surface area contributed by atoms with E-state index in [9.17, 15) is 0 Å². The second-order valence-electron chi connectivity index (χ2n) is 5.45. The Morgan fingerprint density at radius 3 is 2.50 bits per heavy atom. The molecule has 2 heteroatoms. The van der Waals surface area contributed by atoms with Crippen molar-refractivity contribution in [2.45, 2.75) is 58.5 Å². The topological polar surface area (TPSA) is 12.0 Å². The normalized spacial score (nSPS) is 13.0. The maximum atomic E-state index is 3.47. The van der Waals surface area contributed by atoms with Crippen molar-refractivity contribution in [3.05, 3.63) is 29.3 Å². The maximum absolute atomic E-state index is 3.47. The quantitative estimate of drug-likeness (QED) is 0.721. The van der Waals surface area contributed by atoms with Crippen molar-refractivity contribution in [2.24, 2.45) is 5.92 Å². The van der Waals surface area contributed by atoms with Crippen LogP contribution >= 0.6 is 11.8 Å². The lowest BCUT2D eigenvalue weighted by Gasteiger charge is -2.12. The van der Waals surface area contributed by atoms with E-state index in [2.05, 4.69) is 58.1 Å². The summed E-state index contributed by atoms with van der Waals surface area (Å²) in [7, 11) is 0. The minimum absolute atomic E-state index is 0.545. The Kier molecular flexibility index (Phi) is 6.80. The Bertz CT molecular complexity index is 360. The van der Waals surface area contributed by atoms with Gasteiger partial charge in [0.15, 0.2) is 0 Å². The monoisotopic (exact) mass is 265 g/mol. The molecule has 0 aromatic heterocycles. The minimum Gasteiger partial charge on any atom is -0.310 e. The fourth-order valence-corrected chi connectivity index (χ4v) is 2.76. The fraction of sp³-hybridized carbons (Fsp3) is 0.625. The van der Waals surface area contributed by atoms with Gasteiger partial charge in [-0.15, -0.1) is 11.8 Å². The molecule has 0 aliphatic heterocycles. The summed E-state index contributed by atoms with van der Waals surface area (Å²) in [6.45, 7) is 12.1. The Labute approximate surface area is 117 Å². The summed E-state index contributed by atoms with van der Waals surface area (Å²) in [6, 6.07) is 7.40. The van der Waals surface area contributed by atoms with E-state index in [1.807, 2.05) is 11.8 Å². The summed E-state index contributed by atoms with van der Waals surface area (Å²) in [4.78, 5) is 1.40. The number of aryl methyl sites for hydroxylation is 1. The molecule has 1 atom stereocenters. The van der Waals surface area contributed by atoms with E-state index in [4.69, 9.17) is 0 Å². The second-order valence-corrected chi connectivity index (χ2v) is 6.54. The fourth-order valence-electron chi connectivity index (χ4n) is 1.63. The van der Waals surface area contributed by atoms with E-state index in [1.54, 1.807) is 0 Å². The third-order valence-corrected chi connectivity index (χ3v) is 4.57. The Morgan fingerprint density at radius 2 is 1.94 bits per heavy atom. The van der Waals surface area contributed by atoms with Crippen LogP contribution in [0.5, 0.6) is 0 Å². The van der Waals surface area contributed by atoms with E-state index in [-0.39, 0.29) is 0 Å². The summed E-state index contributed by atoms with van der Waals surface area (Å²) >= 11 is 1.98. The molecule has 0 bridgehead atoms. The molecule has 1 aromatic rings. The first-order valence-corrected chi connectivity index (χ1v) is 7.97. The zero-order valence-corrected chi connectivity index (χ0v) is 13.2. The van der Waals surface area contributed by atoms with E-state index < -0.39 is 0 Å². The molecule has 1 rings (SSSR count). The van der Waals surface area contributed by atoms with Crippen molar-refractivity contribution in [3.8, 4) is 0 Å². The van der Waals surface area contributed by atoms with Crippen LogP contribution in [0.1, 0.15) is 45.2 Å². The summed E-state index contributed by atoms with van der Waals surface area (Å²) in [5, 5.41) is 3.47. The van der Waals surface area contributed by atoms with Crippen LogP contribution in [-0.2, 0) is 6.54 Å². The summed E-state index contributed by atoms with van der Waals surface area (Å²) in [5.41, 5.74) is 2.81. The number of rotatable bonds is 7. The second kappa shape index (κ2) is 7.85. The van der Waals surface area contributed by atoms with Gasteiger partial charge in [0.1, 0.15) is 0 Å². The van der Waals surface area contributed by atoms with Crippen LogP contribution < -0.4 is 5.32 Å². The van der Waals surface area contributed by atoms with Crippen molar-refractivity contribution < 1.29 is 0 Å². The van der Waals surface area contributed by atoms with E-state index in [0.29, 0.717) is 6.04 Å². The molecule has 0 saturated heterocycles. The van der Waals surface area contributed by atoms with Crippen molar-refractivity contribution in [3.63, 3.8) is 0 Å². The first-order chi connectivity index (χ1) is 8.52. The van der Waals surface area contributed by atoms with Crippen molar-refractivity contribution in [1.82, 2.24) is 5.32 Å². The molecule has 0 amide bonds. The van der Waals surface area contributed by atoms with Crippen molar-refractivity contribution in [2.75, 3.05) is 5.75 Å². The molecule has 0 aliphatic rings. The Balaban J connectivity index is 2.56. The zero-order chi connectivity index (χ0) is 13.5. The van der Waals surface area contributed by atoms with Crippen molar-refractivity contribution in [1.29, 1.82) is 0 Å². The van der Waals surface area contributed by atoms with E-state index in [0.717, 1.165) is 12.5 Å². The first kappa shape index (κ1) is 15.6. The lowest BCUT2D eigenvalue weighted by atomic mass is 10.1. The molecule has 1 nitrogen and oxygen atoms in total. The van der Waals surface area contributed by atoms with Crippen LogP contribution in [0.4, 0.5) is 0 Å². The zero-order valence-electron chi connectivity index (χ0n) is 12.4. The average Bonchev–Trinajstić information content (AvgIpc) is 2.34. The number of nitrogens with one attached hydrogen (secondary N) is 1.